The second-order valence-electron chi connectivity index (χ2n) is 15.3. The van der Waals surface area contributed by atoms with Crippen LogP contribution in [0, 0.1) is 0 Å². The third-order valence-electron chi connectivity index (χ3n) is 9.97. The van der Waals surface area contributed by atoms with Crippen LogP contribution in [0.4, 0.5) is 0 Å². The SMILES string of the molecule is CCC/C=C\CCCCCCCCOCC(COC1OC(CO)C(O)C(OS(=O)(=O)O)C1O)OC(=O)CCCCCCCCCCC/C=C\C/C=C\CCCCC. The van der Waals surface area contributed by atoms with E-state index in [9.17, 15) is 28.5 Å². The summed E-state index contributed by atoms with van der Waals surface area (Å²) in [7, 11) is -5.06. The van der Waals surface area contributed by atoms with Gasteiger partial charge >= 0.3 is 16.4 Å². The Balaban J connectivity index is 2.41. The second-order valence-corrected chi connectivity index (χ2v) is 16.3. The molecule has 1 fully saturated rings. The van der Waals surface area contributed by atoms with Gasteiger partial charge in [-0.1, -0.05) is 140 Å². The Morgan fingerprint density at radius 2 is 1.19 bits per heavy atom. The molecule has 1 heterocycles. The van der Waals surface area contributed by atoms with Gasteiger partial charge < -0.3 is 34.3 Å². The molecule has 334 valence electrons. The highest BCUT2D eigenvalue weighted by molar-refractivity contribution is 7.80. The second kappa shape index (κ2) is 36.2. The third-order valence-corrected chi connectivity index (χ3v) is 10.4. The van der Waals surface area contributed by atoms with Gasteiger partial charge in [-0.2, -0.15) is 8.42 Å². The van der Waals surface area contributed by atoms with E-state index in [1.54, 1.807) is 0 Å². The van der Waals surface area contributed by atoms with Crippen molar-refractivity contribution in [1.29, 1.82) is 0 Å². The molecule has 1 aliphatic rings. The fourth-order valence-corrected chi connectivity index (χ4v) is 7.09. The Labute approximate surface area is 345 Å². The van der Waals surface area contributed by atoms with Crippen molar-refractivity contribution < 1.29 is 56.2 Å². The Morgan fingerprint density at radius 3 is 1.75 bits per heavy atom. The molecule has 0 bridgehead atoms. The minimum Gasteiger partial charge on any atom is -0.457 e. The van der Waals surface area contributed by atoms with E-state index in [0.29, 0.717) is 13.0 Å². The maximum absolute atomic E-state index is 12.8. The lowest BCUT2D eigenvalue weighted by atomic mass is 9.99. The fourth-order valence-electron chi connectivity index (χ4n) is 6.59. The van der Waals surface area contributed by atoms with Crippen LogP contribution >= 0.6 is 0 Å². The van der Waals surface area contributed by atoms with Crippen LogP contribution in [0.1, 0.15) is 174 Å². The van der Waals surface area contributed by atoms with E-state index in [1.807, 2.05) is 0 Å². The molecule has 0 spiro atoms. The number of carbonyl (C=O) groups is 1. The lowest BCUT2D eigenvalue weighted by Crippen LogP contribution is -2.60. The van der Waals surface area contributed by atoms with E-state index >= 15 is 0 Å². The van der Waals surface area contributed by atoms with Crippen LogP contribution in [-0.4, -0.2) is 97.5 Å². The van der Waals surface area contributed by atoms with E-state index in [1.165, 1.54) is 83.5 Å². The molecule has 1 rings (SSSR count). The van der Waals surface area contributed by atoms with Gasteiger partial charge in [0, 0.05) is 13.0 Å². The first kappa shape index (κ1) is 53.3. The van der Waals surface area contributed by atoms with Gasteiger partial charge in [-0.05, 0) is 64.2 Å². The highest BCUT2D eigenvalue weighted by Crippen LogP contribution is 2.26. The number of unbranched alkanes of at least 4 members (excludes halogenated alkanes) is 19. The lowest BCUT2D eigenvalue weighted by Gasteiger charge is -2.41. The number of aliphatic hydroxyl groups is 3. The summed E-state index contributed by atoms with van der Waals surface area (Å²) < 4.78 is 58.9. The van der Waals surface area contributed by atoms with Crippen molar-refractivity contribution in [1.82, 2.24) is 0 Å². The molecule has 0 aromatic carbocycles. The Morgan fingerprint density at radius 1 is 0.667 bits per heavy atom. The summed E-state index contributed by atoms with van der Waals surface area (Å²) in [5, 5.41) is 30.6. The predicted octanol–water partition coefficient (Wildman–Crippen LogP) is 9.02. The standard InChI is InChI=1S/C44H80O12S/c1-3-5-7-9-11-13-15-16-17-18-19-20-21-22-23-25-27-29-31-33-40(46)54-38(36-52-34-32-30-28-26-24-14-12-10-8-6-4-2)37-53-44-42(48)43(56-57(49,50)51)41(47)39(35-45)55-44/h8,10-11,13,16-17,38-39,41-45,47-48H,3-7,9,12,14-15,18-37H2,1-2H3,(H,49,50,51)/b10-8-,13-11-,17-16-. The normalized spacial score (nSPS) is 21.0. The molecular weight excluding hydrogens is 753 g/mol. The van der Waals surface area contributed by atoms with Gasteiger partial charge in [0.05, 0.1) is 19.8 Å². The highest BCUT2D eigenvalue weighted by atomic mass is 32.3. The summed E-state index contributed by atoms with van der Waals surface area (Å²) in [5.41, 5.74) is 0. The molecule has 0 amide bonds. The van der Waals surface area contributed by atoms with Crippen molar-refractivity contribution in [2.75, 3.05) is 26.4 Å². The number of ether oxygens (including phenoxy) is 4. The zero-order chi connectivity index (χ0) is 41.8. The minimum absolute atomic E-state index is 0.0302. The van der Waals surface area contributed by atoms with Gasteiger partial charge in [0.25, 0.3) is 0 Å². The van der Waals surface area contributed by atoms with Crippen LogP contribution in [0.15, 0.2) is 36.5 Å². The van der Waals surface area contributed by atoms with E-state index in [-0.39, 0.29) is 19.6 Å². The topological polar surface area (TPSA) is 178 Å². The molecule has 4 N–H and O–H groups in total. The molecule has 1 saturated heterocycles. The van der Waals surface area contributed by atoms with Crippen molar-refractivity contribution in [2.24, 2.45) is 0 Å². The van der Waals surface area contributed by atoms with Crippen LogP contribution in [0.2, 0.25) is 0 Å². The van der Waals surface area contributed by atoms with Crippen molar-refractivity contribution in [3.63, 3.8) is 0 Å². The first-order chi connectivity index (χ1) is 27.6. The van der Waals surface area contributed by atoms with Crippen molar-refractivity contribution in [3.05, 3.63) is 36.5 Å². The smallest absolute Gasteiger partial charge is 0.397 e. The van der Waals surface area contributed by atoms with Crippen LogP contribution in [0.5, 0.6) is 0 Å². The van der Waals surface area contributed by atoms with Gasteiger partial charge in [-0.3, -0.25) is 9.35 Å². The zero-order valence-corrected chi connectivity index (χ0v) is 36.2. The number of hydrogen-bond acceptors (Lipinski definition) is 11. The Kier molecular flexibility index (Phi) is 33.9. The molecule has 0 aliphatic carbocycles. The molecule has 6 unspecified atom stereocenters. The molecule has 6 atom stereocenters. The molecule has 0 aromatic heterocycles. The summed E-state index contributed by atoms with van der Waals surface area (Å²) >= 11 is 0. The Hall–Kier alpha value is -1.68. The molecule has 1 aliphatic heterocycles. The Bertz CT molecular complexity index is 1140. The lowest BCUT2D eigenvalue weighted by molar-refractivity contribution is -0.301. The molecule has 0 radical (unpaired) electrons. The van der Waals surface area contributed by atoms with Gasteiger partial charge in [-0.15, -0.1) is 0 Å². The summed E-state index contributed by atoms with van der Waals surface area (Å²) in [4.78, 5) is 12.8. The van der Waals surface area contributed by atoms with Crippen LogP contribution < -0.4 is 0 Å². The van der Waals surface area contributed by atoms with E-state index in [2.05, 4.69) is 54.5 Å². The monoisotopic (exact) mass is 833 g/mol. The molecule has 57 heavy (non-hydrogen) atoms. The first-order valence-corrected chi connectivity index (χ1v) is 23.6. The minimum atomic E-state index is -5.06. The number of rotatable bonds is 38. The predicted molar refractivity (Wildman–Crippen MR) is 225 cm³/mol. The van der Waals surface area contributed by atoms with Crippen LogP contribution in [0.25, 0.3) is 0 Å². The number of hydrogen-bond donors (Lipinski definition) is 4. The number of allylic oxidation sites excluding steroid dienone is 6. The summed E-state index contributed by atoms with van der Waals surface area (Å²) in [6.45, 7) is 3.88. The van der Waals surface area contributed by atoms with Crippen molar-refractivity contribution in [2.45, 2.75) is 211 Å². The average molecular weight is 833 g/mol. The number of aliphatic hydroxyl groups excluding tert-OH is 3. The average Bonchev–Trinajstić information content (AvgIpc) is 3.18. The van der Waals surface area contributed by atoms with Gasteiger partial charge in [-0.25, -0.2) is 4.18 Å². The maximum Gasteiger partial charge on any atom is 0.397 e. The summed E-state index contributed by atoms with van der Waals surface area (Å²) in [5.74, 6) is -0.407. The van der Waals surface area contributed by atoms with Crippen LogP contribution in [0.3, 0.4) is 0 Å². The van der Waals surface area contributed by atoms with Gasteiger partial charge in [0.2, 0.25) is 0 Å². The maximum atomic E-state index is 12.8. The molecular formula is C44H80O12S. The van der Waals surface area contributed by atoms with E-state index in [4.69, 9.17) is 23.5 Å². The molecule has 0 aromatic rings. The summed E-state index contributed by atoms with van der Waals surface area (Å²) in [6.07, 6.45) is 31.8. The quantitative estimate of drug-likeness (QED) is 0.0201. The number of esters is 1. The first-order valence-electron chi connectivity index (χ1n) is 22.2. The zero-order valence-electron chi connectivity index (χ0n) is 35.4. The molecule has 0 saturated carbocycles. The van der Waals surface area contributed by atoms with E-state index < -0.39 is 59.8 Å². The largest absolute Gasteiger partial charge is 0.457 e. The number of carbonyl (C=O) groups excluding carboxylic acids is 1. The van der Waals surface area contributed by atoms with Crippen molar-refractivity contribution >= 4 is 16.4 Å². The third kappa shape index (κ3) is 30.1. The molecule has 13 heteroatoms. The van der Waals surface area contributed by atoms with Gasteiger partial charge in [0.15, 0.2) is 6.29 Å². The van der Waals surface area contributed by atoms with Crippen LogP contribution in [-0.2, 0) is 38.3 Å². The molecule has 12 nitrogen and oxygen atoms in total. The van der Waals surface area contributed by atoms with Crippen molar-refractivity contribution in [3.8, 4) is 0 Å². The highest BCUT2D eigenvalue weighted by Gasteiger charge is 2.48. The van der Waals surface area contributed by atoms with Gasteiger partial charge in [0.1, 0.15) is 30.5 Å². The summed E-state index contributed by atoms with van der Waals surface area (Å²) in [6, 6.07) is 0. The van der Waals surface area contributed by atoms with E-state index in [0.717, 1.165) is 64.2 Å². The fraction of sp³-hybridized carbons (Fsp3) is 0.841.